The molecule has 40 heavy (non-hydrogen) atoms. The number of nitrogens with two attached hydrogens (primary N) is 1. The van der Waals surface area contributed by atoms with Crippen molar-refractivity contribution in [2.45, 2.75) is 25.3 Å². The molecule has 7 nitrogen and oxygen atoms in total. The van der Waals surface area contributed by atoms with Gasteiger partial charge in [-0.25, -0.2) is 0 Å². The molecule has 0 aliphatic rings. The highest BCUT2D eigenvalue weighted by atomic mass is 16.5. The Morgan fingerprint density at radius 2 is 1.60 bits per heavy atom. The molecular formula is C33H35N2O5-. The van der Waals surface area contributed by atoms with Crippen LogP contribution in [0.4, 0.5) is 0 Å². The van der Waals surface area contributed by atoms with Crippen LogP contribution in [0.15, 0.2) is 97.1 Å². The molecule has 1 amide bonds. The van der Waals surface area contributed by atoms with Crippen molar-refractivity contribution in [1.82, 2.24) is 4.90 Å². The number of phenolic OH excluding ortho intramolecular Hbond substituents is 1. The van der Waals surface area contributed by atoms with Gasteiger partial charge in [0, 0.05) is 31.1 Å². The van der Waals surface area contributed by atoms with Crippen molar-refractivity contribution in [2.75, 3.05) is 26.8 Å². The zero-order valence-corrected chi connectivity index (χ0v) is 22.7. The Morgan fingerprint density at radius 3 is 2.23 bits per heavy atom. The number of nitrogens with zero attached hydrogens (tertiary/aromatic N) is 1. The van der Waals surface area contributed by atoms with E-state index in [0.29, 0.717) is 44.0 Å². The molecule has 4 rings (SSSR count). The van der Waals surface area contributed by atoms with Crippen LogP contribution in [-0.2, 0) is 17.8 Å². The van der Waals surface area contributed by atoms with Gasteiger partial charge in [-0.15, -0.1) is 0 Å². The molecule has 0 spiro atoms. The van der Waals surface area contributed by atoms with E-state index in [9.17, 15) is 15.0 Å². The minimum atomic E-state index is -0.465. The minimum absolute atomic E-state index is 0.0504. The number of benzene rings is 4. The molecule has 0 heterocycles. The fraction of sp³-hybridized carbons (Fsp3) is 0.242. The largest absolute Gasteiger partial charge is 0.870 e. The van der Waals surface area contributed by atoms with Crippen molar-refractivity contribution in [3.63, 3.8) is 0 Å². The average molecular weight is 540 g/mol. The molecule has 0 radical (unpaired) electrons. The molecule has 0 fully saturated rings. The number of hydrogen-bond donors (Lipinski definition) is 2. The normalized spacial score (nSPS) is 11.1. The smallest absolute Gasteiger partial charge is 0.221 e. The Hall–Kier alpha value is -4.49. The molecule has 0 saturated heterocycles. The van der Waals surface area contributed by atoms with E-state index in [1.807, 2.05) is 48.5 Å². The van der Waals surface area contributed by atoms with Gasteiger partial charge in [0.2, 0.25) is 5.91 Å². The Kier molecular flexibility index (Phi) is 10.0. The van der Waals surface area contributed by atoms with Gasteiger partial charge in [-0.2, -0.15) is 0 Å². The second kappa shape index (κ2) is 14.1. The van der Waals surface area contributed by atoms with Crippen LogP contribution in [0.3, 0.4) is 0 Å². The third-order valence-electron chi connectivity index (χ3n) is 6.80. The summed E-state index contributed by atoms with van der Waals surface area (Å²) in [4.78, 5) is 13.6. The summed E-state index contributed by atoms with van der Waals surface area (Å²) < 4.78 is 11.2. The summed E-state index contributed by atoms with van der Waals surface area (Å²) in [6.45, 7) is 2.17. The van der Waals surface area contributed by atoms with E-state index in [2.05, 4.69) is 29.2 Å². The summed E-state index contributed by atoms with van der Waals surface area (Å²) in [6.07, 6.45) is 0.690. The van der Waals surface area contributed by atoms with Gasteiger partial charge in [0.1, 0.15) is 5.75 Å². The Balaban J connectivity index is 1.52. The number of para-hydroxylation sites is 1. The standard InChI is InChI=1S/C33H36N2O5/c1-39-30-15-8-14-27(33(30)38)22-35(18-9-19-40-31-20-24(21-32(34)37)16-17-29(31)36)23-28(25-10-4-2-5-11-25)26-12-6-3-7-13-26/h2-8,10-17,20,28,36,38H,9,18-19,21-23H2,1H3,(H2,34,37)/p-1. The number of amides is 1. The van der Waals surface area contributed by atoms with E-state index in [4.69, 9.17) is 15.2 Å². The van der Waals surface area contributed by atoms with E-state index >= 15 is 0 Å². The topological polar surface area (TPSA) is 108 Å². The maximum atomic E-state index is 12.3. The van der Waals surface area contributed by atoms with Crippen LogP contribution in [0.25, 0.3) is 0 Å². The molecular weight excluding hydrogens is 504 g/mol. The molecule has 0 atom stereocenters. The zero-order valence-electron chi connectivity index (χ0n) is 22.7. The van der Waals surface area contributed by atoms with Crippen molar-refractivity contribution < 1.29 is 24.5 Å². The molecule has 7 heteroatoms. The molecule has 4 aromatic carbocycles. The van der Waals surface area contributed by atoms with Crippen molar-refractivity contribution in [2.24, 2.45) is 5.73 Å². The van der Waals surface area contributed by atoms with Gasteiger partial charge in [0.15, 0.2) is 11.5 Å². The first kappa shape index (κ1) is 28.5. The van der Waals surface area contributed by atoms with Gasteiger partial charge in [0.05, 0.1) is 20.1 Å². The predicted molar refractivity (Wildman–Crippen MR) is 154 cm³/mol. The van der Waals surface area contributed by atoms with Gasteiger partial charge < -0.3 is 25.4 Å². The molecule has 0 aliphatic heterocycles. The van der Waals surface area contributed by atoms with Crippen LogP contribution >= 0.6 is 0 Å². The van der Waals surface area contributed by atoms with Gasteiger partial charge in [0.25, 0.3) is 0 Å². The van der Waals surface area contributed by atoms with Crippen molar-refractivity contribution >= 4 is 5.91 Å². The number of primary amides is 1. The van der Waals surface area contributed by atoms with E-state index in [1.165, 1.54) is 24.3 Å². The number of hydrogen-bond acceptors (Lipinski definition) is 6. The molecule has 208 valence electrons. The second-order valence-corrected chi connectivity index (χ2v) is 9.70. The lowest BCUT2D eigenvalue weighted by Gasteiger charge is -2.29. The maximum absolute atomic E-state index is 12.3. The van der Waals surface area contributed by atoms with Crippen molar-refractivity contribution in [3.05, 3.63) is 119 Å². The number of rotatable bonds is 14. The summed E-state index contributed by atoms with van der Waals surface area (Å²) >= 11 is 0. The lowest BCUT2D eigenvalue weighted by atomic mass is 9.90. The Morgan fingerprint density at radius 1 is 0.925 bits per heavy atom. The first-order chi connectivity index (χ1) is 19.4. The Labute approximate surface area is 235 Å². The van der Waals surface area contributed by atoms with E-state index < -0.39 is 5.91 Å². The fourth-order valence-corrected chi connectivity index (χ4v) is 4.81. The van der Waals surface area contributed by atoms with Gasteiger partial charge in [-0.05, 0) is 35.2 Å². The number of carbonyl (C=O) groups excluding carboxylic acids is 1. The summed E-state index contributed by atoms with van der Waals surface area (Å²) in [5, 5.41) is 23.1. The SMILES string of the molecule is COc1cccc(CN(CCCOc2cc(CC(N)=O)ccc2[O-])CC(c2ccccc2)c2ccccc2)c1O. The Bertz CT molecular complexity index is 1340. The van der Waals surface area contributed by atoms with E-state index in [-0.39, 0.29) is 29.6 Å². The number of carbonyl (C=O) groups is 1. The number of aromatic hydroxyl groups is 1. The van der Waals surface area contributed by atoms with Gasteiger partial charge in [-0.1, -0.05) is 90.7 Å². The van der Waals surface area contributed by atoms with Gasteiger partial charge >= 0.3 is 0 Å². The summed E-state index contributed by atoms with van der Waals surface area (Å²) in [5.41, 5.74) is 9.11. The van der Waals surface area contributed by atoms with Crippen LogP contribution < -0.4 is 20.3 Å². The minimum Gasteiger partial charge on any atom is -0.870 e. The zero-order chi connectivity index (χ0) is 28.3. The average Bonchev–Trinajstić information content (AvgIpc) is 2.97. The quantitative estimate of drug-likeness (QED) is 0.227. The third-order valence-corrected chi connectivity index (χ3v) is 6.80. The van der Waals surface area contributed by atoms with Crippen LogP contribution in [0.5, 0.6) is 23.0 Å². The number of phenols is 1. The summed E-state index contributed by atoms with van der Waals surface area (Å²) in [5.74, 6) is 0.177. The van der Waals surface area contributed by atoms with Crippen LogP contribution in [0, 0.1) is 0 Å². The van der Waals surface area contributed by atoms with E-state index in [0.717, 1.165) is 5.56 Å². The molecule has 4 aromatic rings. The first-order valence-corrected chi connectivity index (χ1v) is 13.3. The molecule has 0 unspecified atom stereocenters. The lowest BCUT2D eigenvalue weighted by molar-refractivity contribution is -0.270. The first-order valence-electron chi connectivity index (χ1n) is 13.3. The van der Waals surface area contributed by atoms with Crippen LogP contribution in [0.2, 0.25) is 0 Å². The summed E-state index contributed by atoms with van der Waals surface area (Å²) in [7, 11) is 1.54. The van der Waals surface area contributed by atoms with Crippen molar-refractivity contribution in [1.29, 1.82) is 0 Å². The van der Waals surface area contributed by atoms with Crippen LogP contribution in [-0.4, -0.2) is 42.7 Å². The predicted octanol–water partition coefficient (Wildman–Crippen LogP) is 4.61. The monoisotopic (exact) mass is 539 g/mol. The number of ether oxygens (including phenoxy) is 2. The van der Waals surface area contributed by atoms with Gasteiger partial charge in [-0.3, -0.25) is 9.69 Å². The number of methoxy groups -OCH3 is 1. The fourth-order valence-electron chi connectivity index (χ4n) is 4.81. The molecule has 0 bridgehead atoms. The highest BCUT2D eigenvalue weighted by molar-refractivity contribution is 5.76. The third kappa shape index (κ3) is 7.77. The van der Waals surface area contributed by atoms with Crippen LogP contribution in [0.1, 0.15) is 34.6 Å². The summed E-state index contributed by atoms with van der Waals surface area (Å²) in [6, 6.07) is 30.8. The lowest BCUT2D eigenvalue weighted by Crippen LogP contribution is -2.31. The molecule has 0 aromatic heterocycles. The highest BCUT2D eigenvalue weighted by Gasteiger charge is 2.20. The molecule has 3 N–H and O–H groups in total. The maximum Gasteiger partial charge on any atom is 0.221 e. The molecule has 0 aliphatic carbocycles. The van der Waals surface area contributed by atoms with E-state index in [1.54, 1.807) is 18.2 Å². The van der Waals surface area contributed by atoms with Crippen molar-refractivity contribution in [3.8, 4) is 23.0 Å². The highest BCUT2D eigenvalue weighted by Crippen LogP contribution is 2.32. The molecule has 0 saturated carbocycles. The second-order valence-electron chi connectivity index (χ2n) is 9.70.